The molecule has 0 saturated carbocycles. The molecule has 0 spiro atoms. The van der Waals surface area contributed by atoms with E-state index in [-0.39, 0.29) is 5.56 Å². The average molecular weight is 263 g/mol. The molecule has 0 aliphatic carbocycles. The monoisotopic (exact) mass is 263 g/mol. The van der Waals surface area contributed by atoms with E-state index in [1.54, 1.807) is 28.7 Å². The van der Waals surface area contributed by atoms with Gasteiger partial charge in [0.1, 0.15) is 6.07 Å². The molecule has 20 heavy (non-hydrogen) atoms. The van der Waals surface area contributed by atoms with Crippen molar-refractivity contribution in [3.63, 3.8) is 0 Å². The molecule has 0 saturated heterocycles. The Labute approximate surface area is 114 Å². The summed E-state index contributed by atoms with van der Waals surface area (Å²) in [6.07, 6.45) is 3.63. The highest BCUT2D eigenvalue weighted by Crippen LogP contribution is 2.21. The molecule has 0 aliphatic rings. The van der Waals surface area contributed by atoms with Gasteiger partial charge in [0.05, 0.1) is 16.8 Å². The first-order chi connectivity index (χ1) is 9.69. The van der Waals surface area contributed by atoms with Crippen molar-refractivity contribution >= 4 is 11.6 Å². The van der Waals surface area contributed by atoms with Crippen LogP contribution in [-0.4, -0.2) is 20.5 Å². The van der Waals surface area contributed by atoms with Gasteiger partial charge in [-0.1, -0.05) is 12.1 Å². The topological polar surface area (TPSA) is 78.4 Å². The van der Waals surface area contributed by atoms with Gasteiger partial charge < -0.3 is 9.51 Å². The predicted octanol–water partition coefficient (Wildman–Crippen LogP) is 2.57. The SMILES string of the molecule is N#Cc1cccn2cc(-c3ccc(C(=O)O)cc3)nc12. The Balaban J connectivity index is 2.11. The van der Waals surface area contributed by atoms with Crippen molar-refractivity contribution in [2.24, 2.45) is 0 Å². The number of aromatic carboxylic acids is 1. The maximum atomic E-state index is 10.8. The summed E-state index contributed by atoms with van der Waals surface area (Å²) < 4.78 is 1.78. The van der Waals surface area contributed by atoms with Crippen molar-refractivity contribution in [2.75, 3.05) is 0 Å². The number of carboxylic acids is 1. The molecule has 3 rings (SSSR count). The molecule has 0 fully saturated rings. The summed E-state index contributed by atoms with van der Waals surface area (Å²) in [5.41, 5.74) is 2.83. The molecule has 0 bridgehead atoms. The number of benzene rings is 1. The summed E-state index contributed by atoms with van der Waals surface area (Å²) in [7, 11) is 0. The molecule has 0 amide bonds. The fourth-order valence-corrected chi connectivity index (χ4v) is 2.02. The van der Waals surface area contributed by atoms with Crippen molar-refractivity contribution < 1.29 is 9.90 Å². The number of imidazole rings is 1. The van der Waals surface area contributed by atoms with Crippen LogP contribution >= 0.6 is 0 Å². The second-order valence-electron chi connectivity index (χ2n) is 4.27. The van der Waals surface area contributed by atoms with Gasteiger partial charge in [0.15, 0.2) is 5.65 Å². The van der Waals surface area contributed by atoms with Gasteiger partial charge in [0.25, 0.3) is 0 Å². The van der Waals surface area contributed by atoms with Crippen LogP contribution < -0.4 is 0 Å². The fourth-order valence-electron chi connectivity index (χ4n) is 2.02. The van der Waals surface area contributed by atoms with E-state index in [2.05, 4.69) is 11.1 Å². The molecule has 0 atom stereocenters. The van der Waals surface area contributed by atoms with Gasteiger partial charge in [-0.15, -0.1) is 0 Å². The van der Waals surface area contributed by atoms with Crippen molar-refractivity contribution in [3.05, 3.63) is 59.9 Å². The molecule has 96 valence electrons. The molecule has 2 heterocycles. The number of nitriles is 1. The fraction of sp³-hybridized carbons (Fsp3) is 0. The largest absolute Gasteiger partial charge is 0.478 e. The lowest BCUT2D eigenvalue weighted by Crippen LogP contribution is -1.94. The molecule has 5 nitrogen and oxygen atoms in total. The first kappa shape index (κ1) is 11.9. The molecule has 5 heteroatoms. The van der Waals surface area contributed by atoms with Gasteiger partial charge in [0, 0.05) is 18.0 Å². The molecule has 1 aromatic carbocycles. The number of aromatic nitrogens is 2. The lowest BCUT2D eigenvalue weighted by atomic mass is 10.1. The average Bonchev–Trinajstić information content (AvgIpc) is 2.91. The van der Waals surface area contributed by atoms with Crippen molar-refractivity contribution in [1.82, 2.24) is 9.38 Å². The van der Waals surface area contributed by atoms with Crippen LogP contribution in [-0.2, 0) is 0 Å². The summed E-state index contributed by atoms with van der Waals surface area (Å²) in [4.78, 5) is 15.2. The Morgan fingerprint density at radius 2 is 2.00 bits per heavy atom. The van der Waals surface area contributed by atoms with Gasteiger partial charge in [-0.05, 0) is 24.3 Å². The number of hydrogen-bond donors (Lipinski definition) is 1. The van der Waals surface area contributed by atoms with Crippen LogP contribution in [0.25, 0.3) is 16.9 Å². The van der Waals surface area contributed by atoms with Gasteiger partial charge >= 0.3 is 5.97 Å². The van der Waals surface area contributed by atoms with Crippen molar-refractivity contribution in [3.8, 4) is 17.3 Å². The summed E-state index contributed by atoms with van der Waals surface area (Å²) in [5, 5.41) is 17.9. The third kappa shape index (κ3) is 1.89. The molecule has 0 aliphatic heterocycles. The highest BCUT2D eigenvalue weighted by Gasteiger charge is 2.08. The Hall–Kier alpha value is -3.13. The molecule has 1 N–H and O–H groups in total. The van der Waals surface area contributed by atoms with Crippen LogP contribution in [0.3, 0.4) is 0 Å². The number of hydrogen-bond acceptors (Lipinski definition) is 3. The van der Waals surface area contributed by atoms with E-state index >= 15 is 0 Å². The zero-order valence-corrected chi connectivity index (χ0v) is 10.3. The number of rotatable bonds is 2. The third-order valence-electron chi connectivity index (χ3n) is 3.03. The summed E-state index contributed by atoms with van der Waals surface area (Å²) in [6.45, 7) is 0. The second-order valence-corrected chi connectivity index (χ2v) is 4.27. The quantitative estimate of drug-likeness (QED) is 0.770. The van der Waals surface area contributed by atoms with Crippen molar-refractivity contribution in [2.45, 2.75) is 0 Å². The minimum absolute atomic E-state index is 0.232. The van der Waals surface area contributed by atoms with E-state index in [0.29, 0.717) is 16.9 Å². The number of carboxylic acid groups (broad SMARTS) is 1. The van der Waals surface area contributed by atoms with Crippen LogP contribution in [0.4, 0.5) is 0 Å². The minimum Gasteiger partial charge on any atom is -0.478 e. The van der Waals surface area contributed by atoms with Crippen LogP contribution in [0, 0.1) is 11.3 Å². The molecule has 2 aromatic heterocycles. The van der Waals surface area contributed by atoms with Crippen LogP contribution in [0.15, 0.2) is 48.8 Å². The maximum absolute atomic E-state index is 10.8. The normalized spacial score (nSPS) is 10.3. The Morgan fingerprint density at radius 1 is 1.25 bits per heavy atom. The highest BCUT2D eigenvalue weighted by molar-refractivity contribution is 5.88. The van der Waals surface area contributed by atoms with E-state index in [1.165, 1.54) is 12.1 Å². The molecule has 0 unspecified atom stereocenters. The van der Waals surface area contributed by atoms with E-state index < -0.39 is 5.97 Å². The first-order valence-electron chi connectivity index (χ1n) is 5.90. The third-order valence-corrected chi connectivity index (χ3v) is 3.03. The van der Waals surface area contributed by atoms with Gasteiger partial charge in [0.2, 0.25) is 0 Å². The maximum Gasteiger partial charge on any atom is 0.335 e. The van der Waals surface area contributed by atoms with E-state index in [4.69, 9.17) is 10.4 Å². The Kier molecular flexibility index (Phi) is 2.70. The van der Waals surface area contributed by atoms with Crippen LogP contribution in [0.1, 0.15) is 15.9 Å². The summed E-state index contributed by atoms with van der Waals surface area (Å²) in [6, 6.07) is 12.1. The summed E-state index contributed by atoms with van der Waals surface area (Å²) >= 11 is 0. The summed E-state index contributed by atoms with van der Waals surface area (Å²) in [5.74, 6) is -0.960. The second kappa shape index (κ2) is 4.52. The lowest BCUT2D eigenvalue weighted by molar-refractivity contribution is 0.0697. The number of carbonyl (C=O) groups is 1. The first-order valence-corrected chi connectivity index (χ1v) is 5.90. The number of fused-ring (bicyclic) bond motifs is 1. The molecular weight excluding hydrogens is 254 g/mol. The van der Waals surface area contributed by atoms with Gasteiger partial charge in [-0.2, -0.15) is 5.26 Å². The van der Waals surface area contributed by atoms with E-state index in [1.807, 2.05) is 12.4 Å². The van der Waals surface area contributed by atoms with Gasteiger partial charge in [-0.25, -0.2) is 9.78 Å². The van der Waals surface area contributed by atoms with Crippen molar-refractivity contribution in [1.29, 1.82) is 5.26 Å². The van der Waals surface area contributed by atoms with E-state index in [0.717, 1.165) is 5.56 Å². The zero-order chi connectivity index (χ0) is 14.1. The predicted molar refractivity (Wildman–Crippen MR) is 72.3 cm³/mol. The number of nitrogens with zero attached hydrogens (tertiary/aromatic N) is 3. The number of pyridine rings is 1. The molecule has 0 radical (unpaired) electrons. The zero-order valence-electron chi connectivity index (χ0n) is 10.3. The van der Waals surface area contributed by atoms with Crippen LogP contribution in [0.2, 0.25) is 0 Å². The minimum atomic E-state index is -0.960. The van der Waals surface area contributed by atoms with E-state index in [9.17, 15) is 4.79 Å². The molecular formula is C15H9N3O2. The standard InChI is InChI=1S/C15H9N3O2/c16-8-12-2-1-7-18-9-13(17-14(12)18)10-3-5-11(6-4-10)15(19)20/h1-7,9H,(H,19,20). The van der Waals surface area contributed by atoms with Crippen LogP contribution in [0.5, 0.6) is 0 Å². The Morgan fingerprint density at radius 3 is 2.65 bits per heavy atom. The highest BCUT2D eigenvalue weighted by atomic mass is 16.4. The van der Waals surface area contributed by atoms with Gasteiger partial charge in [-0.3, -0.25) is 0 Å². The lowest BCUT2D eigenvalue weighted by Gasteiger charge is -1.97. The smallest absolute Gasteiger partial charge is 0.335 e. The Bertz CT molecular complexity index is 842. The molecule has 3 aromatic rings.